The van der Waals surface area contributed by atoms with Crippen LogP contribution in [0.5, 0.6) is 0 Å². The second-order valence-corrected chi connectivity index (χ2v) is 8.65. The Labute approximate surface area is 189 Å². The topological polar surface area (TPSA) is 204 Å². The summed E-state index contributed by atoms with van der Waals surface area (Å²) < 4.78 is 28.7. The van der Waals surface area contributed by atoms with Crippen LogP contribution >= 0.6 is 0 Å². The normalized spacial score (nSPS) is 11.2. The number of carboxylic acid groups (broad SMARTS) is 4. The van der Waals surface area contributed by atoms with Crippen molar-refractivity contribution in [2.24, 2.45) is 0 Å². The monoisotopic (exact) mass is 486 g/mol. The predicted molar refractivity (Wildman–Crippen MR) is 117 cm³/mol. The second-order valence-electron chi connectivity index (χ2n) is 7.06. The summed E-state index contributed by atoms with van der Waals surface area (Å²) in [6.07, 6.45) is 10.6. The molecule has 0 saturated carbocycles. The Bertz CT molecular complexity index is 605. The molecule has 0 rings (SSSR count). The van der Waals surface area contributed by atoms with Crippen molar-refractivity contribution in [1.82, 2.24) is 0 Å². The maximum atomic E-state index is 10.2. The van der Waals surface area contributed by atoms with Gasteiger partial charge in [-0.2, -0.15) is 8.42 Å². The van der Waals surface area contributed by atoms with Gasteiger partial charge in [0.05, 0.1) is 6.42 Å². The summed E-state index contributed by atoms with van der Waals surface area (Å²) in [6, 6.07) is 0. The highest BCUT2D eigenvalue weighted by Crippen LogP contribution is 2.05. The van der Waals surface area contributed by atoms with Crippen LogP contribution in [0, 0.1) is 0 Å². The van der Waals surface area contributed by atoms with Gasteiger partial charge in [-0.25, -0.2) is 0 Å². The molecule has 0 heterocycles. The van der Waals surface area contributed by atoms with E-state index in [2.05, 4.69) is 13.8 Å². The van der Waals surface area contributed by atoms with Crippen molar-refractivity contribution in [1.29, 1.82) is 0 Å². The lowest BCUT2D eigenvalue weighted by Gasteiger charge is -2.04. The lowest BCUT2D eigenvalue weighted by molar-refractivity contribution is -0.143. The van der Waals surface area contributed by atoms with Crippen LogP contribution in [0.4, 0.5) is 0 Å². The lowest BCUT2D eigenvalue weighted by atomic mass is 10.1. The molecular formula is C20H38O11S. The molecule has 1 atom stereocenters. The van der Waals surface area contributed by atoms with E-state index in [0.717, 1.165) is 25.7 Å². The van der Waals surface area contributed by atoms with E-state index in [1.165, 1.54) is 38.5 Å². The summed E-state index contributed by atoms with van der Waals surface area (Å²) in [7, 11) is -4.84. The van der Waals surface area contributed by atoms with E-state index in [0.29, 0.717) is 12.8 Å². The maximum Gasteiger partial charge on any atom is 0.325 e. The summed E-state index contributed by atoms with van der Waals surface area (Å²) in [6.45, 7) is 4.30. The number of hydrogen-bond donors (Lipinski definition) is 5. The fraction of sp³-hybridized carbons (Fsp3) is 0.800. The van der Waals surface area contributed by atoms with Crippen LogP contribution in [0.1, 0.15) is 97.3 Å². The molecule has 0 aliphatic carbocycles. The Morgan fingerprint density at radius 1 is 0.625 bits per heavy atom. The molecular weight excluding hydrogens is 448 g/mol. The minimum Gasteiger partial charge on any atom is -0.481 e. The van der Waals surface area contributed by atoms with Gasteiger partial charge in [0.1, 0.15) is 0 Å². The Morgan fingerprint density at radius 2 is 0.969 bits per heavy atom. The summed E-state index contributed by atoms with van der Waals surface area (Å²) in [5.41, 5.74) is 0. The zero-order valence-electron chi connectivity index (χ0n) is 18.9. The van der Waals surface area contributed by atoms with Crippen molar-refractivity contribution in [2.75, 3.05) is 0 Å². The summed E-state index contributed by atoms with van der Waals surface area (Å²) in [4.78, 5) is 40.1. The zero-order valence-corrected chi connectivity index (χ0v) is 19.7. The quantitative estimate of drug-likeness (QED) is 0.157. The molecule has 0 bridgehead atoms. The first-order chi connectivity index (χ1) is 14.8. The smallest absolute Gasteiger partial charge is 0.325 e. The third-order valence-corrected chi connectivity index (χ3v) is 5.07. The van der Waals surface area contributed by atoms with E-state index < -0.39 is 45.7 Å². The minimum atomic E-state index is -4.84. The Morgan fingerprint density at radius 3 is 1.16 bits per heavy atom. The molecule has 0 aliphatic heterocycles. The fourth-order valence-electron chi connectivity index (χ4n) is 2.24. The number of hydrogen-bond acceptors (Lipinski definition) is 6. The van der Waals surface area contributed by atoms with Crippen molar-refractivity contribution < 1.29 is 52.6 Å². The van der Waals surface area contributed by atoms with E-state index in [-0.39, 0.29) is 0 Å². The molecule has 190 valence electrons. The third-order valence-electron chi connectivity index (χ3n) is 3.98. The molecule has 5 N–H and O–H groups in total. The van der Waals surface area contributed by atoms with Crippen LogP contribution in [0.15, 0.2) is 0 Å². The number of carboxylic acids is 4. The molecule has 0 radical (unpaired) electrons. The van der Waals surface area contributed by atoms with Gasteiger partial charge in [0.2, 0.25) is 0 Å². The van der Waals surface area contributed by atoms with Gasteiger partial charge in [-0.05, 0) is 12.8 Å². The molecule has 1 unspecified atom stereocenters. The van der Waals surface area contributed by atoms with E-state index in [1.807, 2.05) is 0 Å². The first-order valence-corrected chi connectivity index (χ1v) is 12.1. The van der Waals surface area contributed by atoms with Gasteiger partial charge >= 0.3 is 23.9 Å². The Kier molecular flexibility index (Phi) is 23.7. The van der Waals surface area contributed by atoms with Crippen molar-refractivity contribution in [2.45, 2.75) is 103 Å². The van der Waals surface area contributed by atoms with E-state index in [1.54, 1.807) is 0 Å². The van der Waals surface area contributed by atoms with Gasteiger partial charge in [-0.3, -0.25) is 23.7 Å². The van der Waals surface area contributed by atoms with Crippen LogP contribution in [0.3, 0.4) is 0 Å². The highest BCUT2D eigenvalue weighted by molar-refractivity contribution is 7.87. The van der Waals surface area contributed by atoms with E-state index >= 15 is 0 Å². The van der Waals surface area contributed by atoms with Crippen LogP contribution < -0.4 is 0 Å². The van der Waals surface area contributed by atoms with Crippen LogP contribution in [0.25, 0.3) is 0 Å². The van der Waals surface area contributed by atoms with Crippen molar-refractivity contribution >= 4 is 34.0 Å². The first-order valence-electron chi connectivity index (χ1n) is 10.6. The van der Waals surface area contributed by atoms with Crippen LogP contribution in [-0.4, -0.2) is 62.5 Å². The standard InChI is InChI=1S/2C8H16O2.C4H6O7S/c2*1-2-3-4-5-6-7-8(9)10;5-3(6)1-2(4(7)8)12(9,10)11/h2*2-7H2,1H3,(H,9,10);2H,1H2,(H,5,6)(H,7,8)(H,9,10,11). The molecule has 0 aromatic carbocycles. The molecule has 12 heteroatoms. The third kappa shape index (κ3) is 30.0. The summed E-state index contributed by atoms with van der Waals surface area (Å²) >= 11 is 0. The average Bonchev–Trinajstić information content (AvgIpc) is 2.65. The fourth-order valence-corrected chi connectivity index (χ4v) is 2.85. The molecule has 0 aliphatic rings. The van der Waals surface area contributed by atoms with Crippen molar-refractivity contribution in [3.05, 3.63) is 0 Å². The van der Waals surface area contributed by atoms with Gasteiger partial charge in [0, 0.05) is 12.8 Å². The van der Waals surface area contributed by atoms with Crippen molar-refractivity contribution in [3.8, 4) is 0 Å². The highest BCUT2D eigenvalue weighted by atomic mass is 32.2. The summed E-state index contributed by atoms with van der Waals surface area (Å²) in [5, 5.41) is 30.5. The Hall–Kier alpha value is -2.21. The number of carbonyl (C=O) groups is 4. The molecule has 0 saturated heterocycles. The summed E-state index contributed by atoms with van der Waals surface area (Å²) in [5.74, 6) is -4.84. The van der Waals surface area contributed by atoms with Crippen LogP contribution in [-0.2, 0) is 29.3 Å². The number of unbranched alkanes of at least 4 members (excludes halogenated alkanes) is 8. The zero-order chi connectivity index (χ0) is 25.6. The molecule has 0 fully saturated rings. The van der Waals surface area contributed by atoms with Crippen molar-refractivity contribution in [3.63, 3.8) is 0 Å². The highest BCUT2D eigenvalue weighted by Gasteiger charge is 2.33. The first kappa shape index (κ1) is 34.4. The molecule has 0 aromatic rings. The van der Waals surface area contributed by atoms with E-state index in [9.17, 15) is 27.6 Å². The number of rotatable bonds is 16. The minimum absolute atomic E-state index is 0.337. The molecule has 32 heavy (non-hydrogen) atoms. The SMILES string of the molecule is CCCCCCCC(=O)O.CCCCCCCC(=O)O.O=C(O)CC(C(=O)O)S(=O)(=O)O. The largest absolute Gasteiger partial charge is 0.481 e. The molecule has 0 aromatic heterocycles. The second kappa shape index (κ2) is 22.0. The van der Waals surface area contributed by atoms with Gasteiger partial charge in [-0.15, -0.1) is 0 Å². The predicted octanol–water partition coefficient (Wildman–Crippen LogP) is 3.67. The molecule has 11 nitrogen and oxygen atoms in total. The number of aliphatic carboxylic acids is 4. The lowest BCUT2D eigenvalue weighted by Crippen LogP contribution is -2.31. The van der Waals surface area contributed by atoms with Crippen LogP contribution in [0.2, 0.25) is 0 Å². The van der Waals surface area contributed by atoms with Gasteiger partial charge < -0.3 is 20.4 Å². The maximum absolute atomic E-state index is 10.2. The molecule has 0 spiro atoms. The molecule has 0 amide bonds. The Balaban J connectivity index is -0.000000397. The average molecular weight is 487 g/mol. The van der Waals surface area contributed by atoms with Gasteiger partial charge in [0.25, 0.3) is 10.1 Å². The van der Waals surface area contributed by atoms with Gasteiger partial charge in [0.15, 0.2) is 5.25 Å². The van der Waals surface area contributed by atoms with Gasteiger partial charge in [-0.1, -0.05) is 65.2 Å². The van der Waals surface area contributed by atoms with E-state index in [4.69, 9.17) is 25.0 Å².